The molecule has 7 heteroatoms. The number of nitrogens with zero attached hydrogens (tertiary/aromatic N) is 3. The fourth-order valence-electron chi connectivity index (χ4n) is 5.03. The molecule has 5 rings (SSSR count). The number of hydrogen-bond donors (Lipinski definition) is 3. The number of carbonyl (C=O) groups excluding carboxylic acids is 1. The number of nitrogens with one attached hydrogen (secondary N) is 2. The minimum Gasteiger partial charge on any atom is -0.399 e. The van der Waals surface area contributed by atoms with E-state index in [9.17, 15) is 4.79 Å². The van der Waals surface area contributed by atoms with Crippen LogP contribution in [-0.2, 0) is 4.79 Å². The highest BCUT2D eigenvalue weighted by Gasteiger charge is 2.28. The number of pyridine rings is 1. The molecule has 1 aliphatic heterocycles. The van der Waals surface area contributed by atoms with E-state index < -0.39 is 0 Å². The molecule has 1 atom stereocenters. The lowest BCUT2D eigenvalue weighted by atomic mass is 9.89. The van der Waals surface area contributed by atoms with Gasteiger partial charge in [0.1, 0.15) is 11.3 Å². The van der Waals surface area contributed by atoms with E-state index in [4.69, 9.17) is 5.73 Å². The second-order valence-electron chi connectivity index (χ2n) is 9.43. The predicted molar refractivity (Wildman–Crippen MR) is 140 cm³/mol. The minimum atomic E-state index is -0.112. The molecular weight excluding hydrogens is 436 g/mol. The first-order chi connectivity index (χ1) is 17.0. The maximum absolute atomic E-state index is 13.4. The van der Waals surface area contributed by atoms with E-state index in [1.807, 2.05) is 67.4 Å². The summed E-state index contributed by atoms with van der Waals surface area (Å²) in [6.07, 6.45) is 4.23. The van der Waals surface area contributed by atoms with Crippen LogP contribution in [0.15, 0.2) is 60.8 Å². The van der Waals surface area contributed by atoms with Crippen LogP contribution >= 0.6 is 0 Å². The van der Waals surface area contributed by atoms with Gasteiger partial charge in [-0.2, -0.15) is 0 Å². The number of imidazole rings is 1. The van der Waals surface area contributed by atoms with E-state index in [-0.39, 0.29) is 11.9 Å². The zero-order valence-corrected chi connectivity index (χ0v) is 20.3. The van der Waals surface area contributed by atoms with Crippen LogP contribution < -0.4 is 11.1 Å². The van der Waals surface area contributed by atoms with Crippen LogP contribution in [0.25, 0.3) is 11.0 Å². The fourth-order valence-corrected chi connectivity index (χ4v) is 5.03. The number of carbonyl (C=O) groups is 1. The van der Waals surface area contributed by atoms with Gasteiger partial charge in [0.15, 0.2) is 0 Å². The first-order valence-electron chi connectivity index (χ1n) is 12.2. The Bertz CT molecular complexity index is 1310. The summed E-state index contributed by atoms with van der Waals surface area (Å²) in [5, 5.41) is 3.53. The Morgan fingerprint density at radius 3 is 2.54 bits per heavy atom. The number of anilines is 2. The Morgan fingerprint density at radius 1 is 1.11 bits per heavy atom. The van der Waals surface area contributed by atoms with Gasteiger partial charge in [0.05, 0.1) is 23.7 Å². The Kier molecular flexibility index (Phi) is 6.40. The average Bonchev–Trinajstić information content (AvgIpc) is 3.28. The van der Waals surface area contributed by atoms with Gasteiger partial charge in [0, 0.05) is 30.7 Å². The molecular formula is C28H32N6O. The van der Waals surface area contributed by atoms with Crippen molar-refractivity contribution in [2.45, 2.75) is 45.1 Å². The highest BCUT2D eigenvalue weighted by Crippen LogP contribution is 2.33. The molecule has 1 unspecified atom stereocenters. The number of hydrogen-bond acceptors (Lipinski definition) is 5. The van der Waals surface area contributed by atoms with E-state index in [0.717, 1.165) is 65.4 Å². The summed E-state index contributed by atoms with van der Waals surface area (Å²) in [6, 6.07) is 17.7. The molecule has 2 aromatic carbocycles. The van der Waals surface area contributed by atoms with Crippen molar-refractivity contribution in [2.75, 3.05) is 24.1 Å². The number of aryl methyl sites for hydroxylation is 2. The van der Waals surface area contributed by atoms with E-state index >= 15 is 0 Å². The van der Waals surface area contributed by atoms with Gasteiger partial charge in [0.25, 0.3) is 0 Å². The Labute approximate surface area is 205 Å². The second-order valence-corrected chi connectivity index (χ2v) is 9.43. The fraction of sp³-hybridized carbons (Fsp3) is 0.321. The van der Waals surface area contributed by atoms with Gasteiger partial charge in [-0.05, 0) is 68.0 Å². The van der Waals surface area contributed by atoms with Crippen molar-refractivity contribution < 1.29 is 4.79 Å². The van der Waals surface area contributed by atoms with Crippen molar-refractivity contribution >= 4 is 28.3 Å². The second kappa shape index (κ2) is 9.78. The molecule has 7 nitrogen and oxygen atoms in total. The third-order valence-electron chi connectivity index (χ3n) is 6.97. The highest BCUT2D eigenvalue weighted by atomic mass is 16.2. The number of aromatic nitrogens is 3. The van der Waals surface area contributed by atoms with Gasteiger partial charge in [-0.1, -0.05) is 30.3 Å². The summed E-state index contributed by atoms with van der Waals surface area (Å²) in [5.41, 5.74) is 12.8. The van der Waals surface area contributed by atoms with Crippen molar-refractivity contribution in [1.82, 2.24) is 19.9 Å². The molecule has 4 N–H and O–H groups in total. The first kappa shape index (κ1) is 22.9. The molecule has 0 spiro atoms. The van der Waals surface area contributed by atoms with Crippen LogP contribution in [0.4, 0.5) is 11.4 Å². The number of piperidine rings is 1. The van der Waals surface area contributed by atoms with Crippen LogP contribution in [0, 0.1) is 13.8 Å². The van der Waals surface area contributed by atoms with E-state index in [1.54, 1.807) is 0 Å². The average molecular weight is 469 g/mol. The first-order valence-corrected chi connectivity index (χ1v) is 12.2. The Morgan fingerprint density at radius 2 is 1.83 bits per heavy atom. The smallest absolute Gasteiger partial charge is 0.224 e. The molecule has 1 aliphatic rings. The Balaban J connectivity index is 1.27. The minimum absolute atomic E-state index is 0.112. The number of amides is 1. The number of likely N-dealkylation sites (tertiary alicyclic amines) is 1. The van der Waals surface area contributed by atoms with Gasteiger partial charge in [-0.3, -0.25) is 9.78 Å². The SMILES string of the molecule is Cc1nc2c(C)ncc(C3CCN(C(=O)CC(Nc4ccc(N)cc4)c4ccccc4)CC3)c2[nH]1. The zero-order valence-electron chi connectivity index (χ0n) is 20.3. The molecule has 1 saturated heterocycles. The molecule has 3 heterocycles. The molecule has 0 radical (unpaired) electrons. The molecule has 0 saturated carbocycles. The zero-order chi connectivity index (χ0) is 24.4. The van der Waals surface area contributed by atoms with Crippen LogP contribution in [0.3, 0.4) is 0 Å². The summed E-state index contributed by atoms with van der Waals surface area (Å²) in [4.78, 5) is 28.0. The molecule has 180 valence electrons. The highest BCUT2D eigenvalue weighted by molar-refractivity contribution is 5.81. The monoisotopic (exact) mass is 468 g/mol. The lowest BCUT2D eigenvalue weighted by Crippen LogP contribution is -2.39. The quantitative estimate of drug-likeness (QED) is 0.342. The molecule has 0 aliphatic carbocycles. The van der Waals surface area contributed by atoms with Gasteiger partial charge in [0.2, 0.25) is 5.91 Å². The molecule has 1 fully saturated rings. The molecule has 2 aromatic heterocycles. The Hall–Kier alpha value is -3.87. The molecule has 35 heavy (non-hydrogen) atoms. The number of H-pyrrole nitrogens is 1. The summed E-state index contributed by atoms with van der Waals surface area (Å²) in [6.45, 7) is 5.46. The number of fused-ring (bicyclic) bond motifs is 1. The largest absolute Gasteiger partial charge is 0.399 e. The van der Waals surface area contributed by atoms with Crippen molar-refractivity contribution in [3.05, 3.63) is 83.4 Å². The number of nitrogens with two attached hydrogens (primary N) is 1. The summed E-state index contributed by atoms with van der Waals surface area (Å²) >= 11 is 0. The predicted octanol–water partition coefficient (Wildman–Crippen LogP) is 5.11. The van der Waals surface area contributed by atoms with Crippen molar-refractivity contribution in [3.63, 3.8) is 0 Å². The van der Waals surface area contributed by atoms with Gasteiger partial charge in [-0.15, -0.1) is 0 Å². The van der Waals surface area contributed by atoms with Gasteiger partial charge >= 0.3 is 0 Å². The van der Waals surface area contributed by atoms with Crippen LogP contribution in [0.2, 0.25) is 0 Å². The third-order valence-corrected chi connectivity index (χ3v) is 6.97. The lowest BCUT2D eigenvalue weighted by Gasteiger charge is -2.33. The van der Waals surface area contributed by atoms with E-state index in [2.05, 4.69) is 32.4 Å². The van der Waals surface area contributed by atoms with Crippen molar-refractivity contribution in [2.24, 2.45) is 0 Å². The normalized spacial score (nSPS) is 15.3. The standard InChI is InChI=1S/C28H32N6O/c1-18-27-28(32-19(2)31-27)24(17-30-18)20-12-14-34(15-13-20)26(35)16-25(21-6-4-3-5-7-21)33-23-10-8-22(29)9-11-23/h3-11,17,20,25,33H,12-16,29H2,1-2H3,(H,31,32). The van der Waals surface area contributed by atoms with E-state index in [1.165, 1.54) is 5.56 Å². The number of nitrogen functional groups attached to an aromatic ring is 1. The van der Waals surface area contributed by atoms with Crippen LogP contribution in [0.1, 0.15) is 53.9 Å². The number of benzene rings is 2. The topological polar surface area (TPSA) is 99.9 Å². The summed E-state index contributed by atoms with van der Waals surface area (Å²) in [7, 11) is 0. The molecule has 4 aromatic rings. The third kappa shape index (κ3) is 4.99. The van der Waals surface area contributed by atoms with Crippen molar-refractivity contribution in [1.29, 1.82) is 0 Å². The lowest BCUT2D eigenvalue weighted by molar-refractivity contribution is -0.132. The summed E-state index contributed by atoms with van der Waals surface area (Å²) < 4.78 is 0. The van der Waals surface area contributed by atoms with E-state index in [0.29, 0.717) is 12.3 Å². The summed E-state index contributed by atoms with van der Waals surface area (Å²) in [5.74, 6) is 1.45. The van der Waals surface area contributed by atoms with Crippen LogP contribution in [-0.4, -0.2) is 38.8 Å². The van der Waals surface area contributed by atoms with Crippen molar-refractivity contribution in [3.8, 4) is 0 Å². The van der Waals surface area contributed by atoms with Crippen LogP contribution in [0.5, 0.6) is 0 Å². The van der Waals surface area contributed by atoms with Gasteiger partial charge < -0.3 is 20.9 Å². The number of aromatic amines is 1. The maximum Gasteiger partial charge on any atom is 0.224 e. The molecule has 1 amide bonds. The number of rotatable bonds is 6. The maximum atomic E-state index is 13.4. The molecule has 0 bridgehead atoms. The van der Waals surface area contributed by atoms with Gasteiger partial charge in [-0.25, -0.2) is 4.98 Å².